The second-order valence-electron chi connectivity index (χ2n) is 6.28. The first-order chi connectivity index (χ1) is 13.5. The van der Waals surface area contributed by atoms with Crippen molar-refractivity contribution < 1.29 is 8.42 Å². The number of thiophene rings is 1. The number of rotatable bonds is 5. The molecule has 0 saturated carbocycles. The Labute approximate surface area is 167 Å². The number of aromatic nitrogens is 2. The Kier molecular flexibility index (Phi) is 4.93. The van der Waals surface area contributed by atoms with Crippen LogP contribution in [-0.4, -0.2) is 18.4 Å². The molecule has 0 spiro atoms. The van der Waals surface area contributed by atoms with Gasteiger partial charge in [-0.05, 0) is 24.1 Å². The average Bonchev–Trinajstić information content (AvgIpc) is 3.13. The number of fused-ring (bicyclic) bond motifs is 1. The minimum Gasteiger partial charge on any atom is -0.263 e. The maximum Gasteiger partial charge on any atom is 0.256 e. The molecule has 0 aliphatic carbocycles. The predicted octanol–water partition coefficient (Wildman–Crippen LogP) is 5.08. The lowest BCUT2D eigenvalue weighted by atomic mass is 10.0. The maximum absolute atomic E-state index is 12.6. The summed E-state index contributed by atoms with van der Waals surface area (Å²) in [4.78, 5) is 9.21. The fraction of sp³-hybridized carbons (Fsp3) is 0.0476. The van der Waals surface area contributed by atoms with Gasteiger partial charge in [0, 0.05) is 10.9 Å². The molecule has 0 unspecified atom stereocenters. The molecule has 140 valence electrons. The molecule has 0 aliphatic heterocycles. The van der Waals surface area contributed by atoms with Gasteiger partial charge in [-0.3, -0.25) is 4.72 Å². The Morgan fingerprint density at radius 1 is 1.00 bits per heavy atom. The van der Waals surface area contributed by atoms with Crippen LogP contribution in [-0.2, 0) is 10.0 Å². The number of aryl methyl sites for hydroxylation is 1. The summed E-state index contributed by atoms with van der Waals surface area (Å²) in [7, 11) is -3.72. The summed E-state index contributed by atoms with van der Waals surface area (Å²) < 4.78 is 27.7. The highest BCUT2D eigenvalue weighted by Crippen LogP contribution is 2.36. The molecule has 2 aromatic carbocycles. The third kappa shape index (κ3) is 3.95. The van der Waals surface area contributed by atoms with Crippen molar-refractivity contribution >= 4 is 43.5 Å². The largest absolute Gasteiger partial charge is 0.263 e. The first-order valence-electron chi connectivity index (χ1n) is 8.57. The van der Waals surface area contributed by atoms with Crippen LogP contribution in [0.2, 0.25) is 0 Å². The fourth-order valence-corrected chi connectivity index (χ4v) is 4.54. The SMILES string of the molecule is Cc1ccc(-c2csc3ncnc(NS(=O)(=O)C=Cc4ccccc4)c23)cc1. The van der Waals surface area contributed by atoms with Crippen molar-refractivity contribution in [3.8, 4) is 11.1 Å². The van der Waals surface area contributed by atoms with E-state index in [-0.39, 0.29) is 5.82 Å². The molecule has 0 bridgehead atoms. The Balaban J connectivity index is 1.72. The zero-order valence-electron chi connectivity index (χ0n) is 15.0. The highest BCUT2D eigenvalue weighted by Gasteiger charge is 2.16. The van der Waals surface area contributed by atoms with Crippen molar-refractivity contribution in [2.45, 2.75) is 6.92 Å². The fourth-order valence-electron chi connectivity index (χ4n) is 2.80. The summed E-state index contributed by atoms with van der Waals surface area (Å²) in [5, 5.41) is 3.82. The number of hydrogen-bond acceptors (Lipinski definition) is 5. The molecule has 0 radical (unpaired) electrons. The molecule has 0 saturated heterocycles. The van der Waals surface area contributed by atoms with E-state index in [0.29, 0.717) is 5.39 Å². The molecule has 4 aromatic rings. The van der Waals surface area contributed by atoms with Crippen LogP contribution < -0.4 is 4.72 Å². The molecule has 0 amide bonds. The molecule has 1 N–H and O–H groups in total. The smallest absolute Gasteiger partial charge is 0.256 e. The van der Waals surface area contributed by atoms with Gasteiger partial charge in [0.05, 0.1) is 10.8 Å². The average molecular weight is 408 g/mol. The van der Waals surface area contributed by atoms with E-state index in [1.54, 1.807) is 6.08 Å². The van der Waals surface area contributed by atoms with Crippen LogP contribution >= 0.6 is 11.3 Å². The summed E-state index contributed by atoms with van der Waals surface area (Å²) in [6, 6.07) is 17.3. The first kappa shape index (κ1) is 18.3. The van der Waals surface area contributed by atoms with E-state index in [4.69, 9.17) is 0 Å². The van der Waals surface area contributed by atoms with E-state index in [2.05, 4.69) is 14.7 Å². The van der Waals surface area contributed by atoms with Crippen molar-refractivity contribution in [3.05, 3.63) is 82.8 Å². The van der Waals surface area contributed by atoms with E-state index in [9.17, 15) is 8.42 Å². The van der Waals surface area contributed by atoms with Crippen LogP contribution in [0.15, 0.2) is 71.7 Å². The molecule has 4 rings (SSSR count). The molecule has 0 atom stereocenters. The van der Waals surface area contributed by atoms with Gasteiger partial charge in [0.25, 0.3) is 10.0 Å². The number of nitrogens with zero attached hydrogens (tertiary/aromatic N) is 2. The topological polar surface area (TPSA) is 72.0 Å². The Morgan fingerprint density at radius 3 is 2.50 bits per heavy atom. The number of sulfonamides is 1. The summed E-state index contributed by atoms with van der Waals surface area (Å²) >= 11 is 1.46. The third-order valence-electron chi connectivity index (χ3n) is 4.21. The standard InChI is InChI=1S/C21H17N3O2S2/c1-15-7-9-17(10-8-15)18-13-27-21-19(18)20(22-14-23-21)24-28(25,26)12-11-16-5-3-2-4-6-16/h2-14H,1H3,(H,22,23,24). The Hall–Kier alpha value is -3.03. The molecular formula is C21H17N3O2S2. The van der Waals surface area contributed by atoms with Gasteiger partial charge in [0.2, 0.25) is 0 Å². The monoisotopic (exact) mass is 407 g/mol. The van der Waals surface area contributed by atoms with E-state index in [1.165, 1.54) is 17.7 Å². The van der Waals surface area contributed by atoms with Crippen LogP contribution in [0.5, 0.6) is 0 Å². The Morgan fingerprint density at radius 2 is 1.75 bits per heavy atom. The second kappa shape index (κ2) is 7.53. The van der Waals surface area contributed by atoms with Gasteiger partial charge < -0.3 is 0 Å². The van der Waals surface area contributed by atoms with E-state index >= 15 is 0 Å². The summed E-state index contributed by atoms with van der Waals surface area (Å²) in [6.45, 7) is 2.03. The zero-order chi connectivity index (χ0) is 19.6. The van der Waals surface area contributed by atoms with Crippen molar-refractivity contribution in [2.24, 2.45) is 0 Å². The maximum atomic E-state index is 12.6. The van der Waals surface area contributed by atoms with Gasteiger partial charge >= 0.3 is 0 Å². The lowest BCUT2D eigenvalue weighted by molar-refractivity contribution is 0.609. The zero-order valence-corrected chi connectivity index (χ0v) is 16.7. The first-order valence-corrected chi connectivity index (χ1v) is 11.0. The number of nitrogens with one attached hydrogen (secondary N) is 1. The lowest BCUT2D eigenvalue weighted by Crippen LogP contribution is -2.10. The molecular weight excluding hydrogens is 390 g/mol. The molecule has 7 heteroatoms. The molecule has 0 fully saturated rings. The highest BCUT2D eigenvalue weighted by atomic mass is 32.2. The van der Waals surface area contributed by atoms with Crippen molar-refractivity contribution in [1.29, 1.82) is 0 Å². The van der Waals surface area contributed by atoms with E-state index in [0.717, 1.165) is 32.5 Å². The van der Waals surface area contributed by atoms with Gasteiger partial charge in [-0.25, -0.2) is 18.4 Å². The highest BCUT2D eigenvalue weighted by molar-refractivity contribution is 7.95. The lowest BCUT2D eigenvalue weighted by Gasteiger charge is -2.07. The molecule has 5 nitrogen and oxygen atoms in total. The number of hydrogen-bond donors (Lipinski definition) is 1. The van der Waals surface area contributed by atoms with Crippen molar-refractivity contribution in [3.63, 3.8) is 0 Å². The normalized spacial score (nSPS) is 11.9. The van der Waals surface area contributed by atoms with E-state index in [1.807, 2.05) is 66.9 Å². The van der Waals surface area contributed by atoms with Crippen molar-refractivity contribution in [1.82, 2.24) is 9.97 Å². The van der Waals surface area contributed by atoms with Crippen LogP contribution in [0.4, 0.5) is 5.82 Å². The Bertz CT molecular complexity index is 1250. The van der Waals surface area contributed by atoms with Gasteiger partial charge in [-0.15, -0.1) is 11.3 Å². The van der Waals surface area contributed by atoms with Crippen LogP contribution in [0.3, 0.4) is 0 Å². The van der Waals surface area contributed by atoms with Gasteiger partial charge in [0.15, 0.2) is 5.82 Å². The summed E-state index contributed by atoms with van der Waals surface area (Å²) in [5.74, 6) is 0.277. The van der Waals surface area contributed by atoms with E-state index < -0.39 is 10.0 Å². The minimum atomic E-state index is -3.72. The molecule has 28 heavy (non-hydrogen) atoms. The van der Waals surface area contributed by atoms with Crippen LogP contribution in [0, 0.1) is 6.92 Å². The summed E-state index contributed by atoms with van der Waals surface area (Å²) in [6.07, 6.45) is 2.92. The van der Waals surface area contributed by atoms with Gasteiger partial charge in [-0.2, -0.15) is 0 Å². The van der Waals surface area contributed by atoms with Gasteiger partial charge in [-0.1, -0.05) is 60.2 Å². The van der Waals surface area contributed by atoms with Crippen LogP contribution in [0.25, 0.3) is 27.4 Å². The number of benzene rings is 2. The van der Waals surface area contributed by atoms with Crippen molar-refractivity contribution in [2.75, 3.05) is 4.72 Å². The minimum absolute atomic E-state index is 0.277. The van der Waals surface area contributed by atoms with Crippen LogP contribution in [0.1, 0.15) is 11.1 Å². The molecule has 2 heterocycles. The number of anilines is 1. The molecule has 0 aliphatic rings. The van der Waals surface area contributed by atoms with Gasteiger partial charge in [0.1, 0.15) is 11.2 Å². The summed E-state index contributed by atoms with van der Waals surface area (Å²) in [5.41, 5.74) is 3.86. The second-order valence-corrected chi connectivity index (χ2v) is 8.70. The third-order valence-corrected chi connectivity index (χ3v) is 6.07. The predicted molar refractivity (Wildman–Crippen MR) is 116 cm³/mol. The quantitative estimate of drug-likeness (QED) is 0.501. The molecule has 2 aromatic heterocycles.